The molecule has 0 spiro atoms. The highest BCUT2D eigenvalue weighted by molar-refractivity contribution is 5.80. The number of hydrogen-bond donors (Lipinski definition) is 2. The monoisotopic (exact) mass is 387 g/mol. The highest BCUT2D eigenvalue weighted by Crippen LogP contribution is 2.10. The summed E-state index contributed by atoms with van der Waals surface area (Å²) >= 11 is 0. The average molecular weight is 388 g/mol. The predicted molar refractivity (Wildman–Crippen MR) is 117 cm³/mol. The van der Waals surface area contributed by atoms with Gasteiger partial charge in [-0.05, 0) is 46.6 Å². The normalized spacial score (nSPS) is 15.8. The van der Waals surface area contributed by atoms with E-state index in [9.17, 15) is 4.79 Å². The lowest BCUT2D eigenvalue weighted by atomic mass is 10.1. The first kappa shape index (κ1) is 22.2. The number of carbonyl (C=O) groups excluding carboxylic acids is 1. The Bertz CT molecular complexity index is 643. The van der Waals surface area contributed by atoms with Crippen molar-refractivity contribution in [2.75, 3.05) is 45.8 Å². The maximum atomic E-state index is 12.0. The Morgan fingerprint density at radius 3 is 2.32 bits per heavy atom. The van der Waals surface area contributed by atoms with E-state index in [0.717, 1.165) is 51.6 Å². The zero-order valence-corrected chi connectivity index (χ0v) is 18.2. The second-order valence-electron chi connectivity index (χ2n) is 7.97. The maximum absolute atomic E-state index is 12.0. The van der Waals surface area contributed by atoms with Crippen LogP contribution in [-0.4, -0.2) is 73.5 Å². The van der Waals surface area contributed by atoms with Crippen LogP contribution in [0.25, 0.3) is 0 Å². The molecule has 2 N–H and O–H groups in total. The van der Waals surface area contributed by atoms with Crippen LogP contribution in [0.3, 0.4) is 0 Å². The molecule has 0 unspecified atom stereocenters. The Hall–Kier alpha value is -2.08. The summed E-state index contributed by atoms with van der Waals surface area (Å²) in [4.78, 5) is 21.3. The van der Waals surface area contributed by atoms with Crippen LogP contribution in [0.1, 0.15) is 37.5 Å². The zero-order valence-electron chi connectivity index (χ0n) is 18.2. The van der Waals surface area contributed by atoms with Crippen molar-refractivity contribution in [3.8, 4) is 0 Å². The number of nitrogens with one attached hydrogen (secondary N) is 2. The van der Waals surface area contributed by atoms with E-state index in [1.54, 1.807) is 0 Å². The lowest BCUT2D eigenvalue weighted by Gasteiger charge is -2.36. The number of benzene rings is 1. The molecule has 1 fully saturated rings. The van der Waals surface area contributed by atoms with Gasteiger partial charge in [0.25, 0.3) is 0 Å². The summed E-state index contributed by atoms with van der Waals surface area (Å²) in [5, 5.41) is 6.39. The highest BCUT2D eigenvalue weighted by Gasteiger charge is 2.21. The maximum Gasteiger partial charge on any atom is 0.234 e. The molecule has 0 aliphatic carbocycles. The topological polar surface area (TPSA) is 60.0 Å². The summed E-state index contributed by atoms with van der Waals surface area (Å²) in [5.74, 6) is 1.09. The van der Waals surface area contributed by atoms with Crippen molar-refractivity contribution in [1.82, 2.24) is 20.4 Å². The summed E-state index contributed by atoms with van der Waals surface area (Å²) < 4.78 is 0. The van der Waals surface area contributed by atoms with Crippen molar-refractivity contribution < 1.29 is 4.79 Å². The molecular weight excluding hydrogens is 350 g/mol. The molecule has 1 aliphatic heterocycles. The van der Waals surface area contributed by atoms with Gasteiger partial charge in [0, 0.05) is 45.3 Å². The number of amides is 1. The molecule has 1 heterocycles. The number of nitrogens with zero attached hydrogens (tertiary/aromatic N) is 3. The van der Waals surface area contributed by atoms with Crippen molar-refractivity contribution >= 4 is 11.9 Å². The number of guanidine groups is 1. The minimum atomic E-state index is 0.109. The molecule has 6 nitrogen and oxygen atoms in total. The highest BCUT2D eigenvalue weighted by atomic mass is 16.2. The smallest absolute Gasteiger partial charge is 0.234 e. The SMILES string of the molecule is CCNC(=NCCc1cc(C)cc(C)c1)N1CCN(CC(=O)NC(C)C)CC1. The van der Waals surface area contributed by atoms with Crippen LogP contribution in [0, 0.1) is 13.8 Å². The minimum absolute atomic E-state index is 0.109. The minimum Gasteiger partial charge on any atom is -0.357 e. The summed E-state index contributed by atoms with van der Waals surface area (Å²) in [6.07, 6.45) is 0.951. The largest absolute Gasteiger partial charge is 0.357 e. The van der Waals surface area contributed by atoms with Gasteiger partial charge in [0.1, 0.15) is 0 Å². The first-order valence-corrected chi connectivity index (χ1v) is 10.5. The van der Waals surface area contributed by atoms with E-state index >= 15 is 0 Å². The fourth-order valence-corrected chi connectivity index (χ4v) is 3.62. The van der Waals surface area contributed by atoms with Gasteiger partial charge in [0.05, 0.1) is 6.54 Å². The fraction of sp³-hybridized carbons (Fsp3) is 0.636. The second-order valence-corrected chi connectivity index (χ2v) is 7.97. The molecule has 6 heteroatoms. The lowest BCUT2D eigenvalue weighted by Crippen LogP contribution is -2.54. The van der Waals surface area contributed by atoms with Crippen LogP contribution in [0.2, 0.25) is 0 Å². The number of aliphatic imine (C=N–C) groups is 1. The Morgan fingerprint density at radius 1 is 1.11 bits per heavy atom. The van der Waals surface area contributed by atoms with Crippen LogP contribution in [-0.2, 0) is 11.2 Å². The van der Waals surface area contributed by atoms with Crippen molar-refractivity contribution in [2.24, 2.45) is 4.99 Å². The quantitative estimate of drug-likeness (QED) is 0.555. The van der Waals surface area contributed by atoms with Crippen molar-refractivity contribution in [1.29, 1.82) is 0 Å². The molecule has 0 atom stereocenters. The Balaban J connectivity index is 1.86. The molecule has 0 radical (unpaired) electrons. The van der Waals surface area contributed by atoms with Crippen molar-refractivity contribution in [3.63, 3.8) is 0 Å². The first-order valence-electron chi connectivity index (χ1n) is 10.5. The molecule has 28 heavy (non-hydrogen) atoms. The Morgan fingerprint density at radius 2 is 1.75 bits per heavy atom. The molecule has 156 valence electrons. The third-order valence-electron chi connectivity index (χ3n) is 4.77. The molecular formula is C22H37N5O. The van der Waals surface area contributed by atoms with Gasteiger partial charge in [-0.15, -0.1) is 0 Å². The van der Waals surface area contributed by atoms with E-state index in [4.69, 9.17) is 4.99 Å². The van der Waals surface area contributed by atoms with Crippen LogP contribution in [0.4, 0.5) is 0 Å². The Labute approximate surface area is 170 Å². The second kappa shape index (κ2) is 11.1. The van der Waals surface area contributed by atoms with Crippen molar-refractivity contribution in [2.45, 2.75) is 47.1 Å². The third-order valence-corrected chi connectivity index (χ3v) is 4.77. The van der Waals surface area contributed by atoms with E-state index in [0.29, 0.717) is 6.54 Å². The first-order chi connectivity index (χ1) is 13.4. The van der Waals surface area contributed by atoms with Gasteiger partial charge in [-0.3, -0.25) is 14.7 Å². The van der Waals surface area contributed by atoms with E-state index in [1.807, 2.05) is 13.8 Å². The number of piperazine rings is 1. The van der Waals surface area contributed by atoms with E-state index in [2.05, 4.69) is 59.4 Å². The summed E-state index contributed by atoms with van der Waals surface area (Å²) in [6.45, 7) is 16.0. The molecule has 1 amide bonds. The Kier molecular flexibility index (Phi) is 8.77. The number of aryl methyl sites for hydroxylation is 2. The number of carbonyl (C=O) groups is 1. The standard InChI is InChI=1S/C22H37N5O/c1-6-23-22(24-8-7-20-14-18(4)13-19(5)15-20)27-11-9-26(10-12-27)16-21(28)25-17(2)3/h13-15,17H,6-12,16H2,1-5H3,(H,23,24)(H,25,28). The van der Waals surface area contributed by atoms with Gasteiger partial charge in [-0.2, -0.15) is 0 Å². The molecule has 1 aromatic rings. The van der Waals surface area contributed by atoms with Gasteiger partial charge < -0.3 is 15.5 Å². The van der Waals surface area contributed by atoms with Gasteiger partial charge in [0.15, 0.2) is 5.96 Å². The van der Waals surface area contributed by atoms with Crippen molar-refractivity contribution in [3.05, 3.63) is 34.9 Å². The molecule has 1 aliphatic rings. The van der Waals surface area contributed by atoms with E-state index < -0.39 is 0 Å². The summed E-state index contributed by atoms with van der Waals surface area (Å²) in [7, 11) is 0. The zero-order chi connectivity index (χ0) is 20.5. The van der Waals surface area contributed by atoms with E-state index in [-0.39, 0.29) is 11.9 Å². The molecule has 0 saturated carbocycles. The predicted octanol–water partition coefficient (Wildman–Crippen LogP) is 1.95. The number of rotatable bonds is 7. The third kappa shape index (κ3) is 7.50. The van der Waals surface area contributed by atoms with Gasteiger partial charge in [-0.25, -0.2) is 0 Å². The van der Waals surface area contributed by atoms with E-state index in [1.165, 1.54) is 16.7 Å². The lowest BCUT2D eigenvalue weighted by molar-refractivity contribution is -0.123. The average Bonchev–Trinajstić information content (AvgIpc) is 2.60. The molecule has 0 bridgehead atoms. The molecule has 2 rings (SSSR count). The van der Waals surface area contributed by atoms with Gasteiger partial charge in [0.2, 0.25) is 5.91 Å². The molecule has 1 aromatic carbocycles. The summed E-state index contributed by atoms with van der Waals surface area (Å²) in [6, 6.07) is 6.89. The van der Waals surface area contributed by atoms with Crippen LogP contribution < -0.4 is 10.6 Å². The fourth-order valence-electron chi connectivity index (χ4n) is 3.62. The summed E-state index contributed by atoms with van der Waals surface area (Å²) in [5.41, 5.74) is 3.96. The van der Waals surface area contributed by atoms with Crippen LogP contribution >= 0.6 is 0 Å². The molecule has 0 aromatic heterocycles. The van der Waals surface area contributed by atoms with Crippen LogP contribution in [0.15, 0.2) is 23.2 Å². The van der Waals surface area contributed by atoms with Gasteiger partial charge >= 0.3 is 0 Å². The van der Waals surface area contributed by atoms with Crippen LogP contribution in [0.5, 0.6) is 0 Å². The van der Waals surface area contributed by atoms with Gasteiger partial charge in [-0.1, -0.05) is 29.3 Å². The number of hydrogen-bond acceptors (Lipinski definition) is 3. The molecule has 1 saturated heterocycles.